The molecule has 2 aliphatic heterocycles. The number of benzene rings is 2. The molecule has 8 heteroatoms. The predicted octanol–water partition coefficient (Wildman–Crippen LogP) is 4.06. The first kappa shape index (κ1) is 22.1. The highest BCUT2D eigenvalue weighted by atomic mass is 32.2. The molecule has 7 nitrogen and oxygen atoms in total. The third kappa shape index (κ3) is 5.56. The molecular formula is C24H26N4O3S. The van der Waals surface area contributed by atoms with Crippen molar-refractivity contribution in [3.8, 4) is 0 Å². The van der Waals surface area contributed by atoms with Gasteiger partial charge in [0.1, 0.15) is 5.25 Å². The molecule has 3 amide bonds. The summed E-state index contributed by atoms with van der Waals surface area (Å²) in [5, 5.41) is 5.92. The van der Waals surface area contributed by atoms with Crippen LogP contribution < -0.4 is 10.6 Å². The fourth-order valence-electron chi connectivity index (χ4n) is 3.66. The molecule has 0 spiro atoms. The van der Waals surface area contributed by atoms with Crippen molar-refractivity contribution in [1.29, 1.82) is 0 Å². The van der Waals surface area contributed by atoms with Crippen LogP contribution in [0.2, 0.25) is 0 Å². The summed E-state index contributed by atoms with van der Waals surface area (Å²) in [6.07, 6.45) is 3.50. The second kappa shape index (κ2) is 9.99. The monoisotopic (exact) mass is 450 g/mol. The van der Waals surface area contributed by atoms with E-state index in [4.69, 9.17) is 0 Å². The summed E-state index contributed by atoms with van der Waals surface area (Å²) in [4.78, 5) is 43.4. The van der Waals surface area contributed by atoms with Gasteiger partial charge in [-0.15, -0.1) is 0 Å². The predicted molar refractivity (Wildman–Crippen MR) is 128 cm³/mol. The van der Waals surface area contributed by atoms with Gasteiger partial charge >= 0.3 is 0 Å². The van der Waals surface area contributed by atoms with Gasteiger partial charge in [0.2, 0.25) is 5.91 Å². The van der Waals surface area contributed by atoms with Gasteiger partial charge in [0, 0.05) is 36.4 Å². The largest absolute Gasteiger partial charge is 0.351 e. The highest BCUT2D eigenvalue weighted by Crippen LogP contribution is 2.29. The van der Waals surface area contributed by atoms with Crippen molar-refractivity contribution in [2.24, 2.45) is 4.99 Å². The normalized spacial score (nSPS) is 18.3. The summed E-state index contributed by atoms with van der Waals surface area (Å²) >= 11 is 1.38. The summed E-state index contributed by atoms with van der Waals surface area (Å²) in [6, 6.07) is 14.3. The second-order valence-electron chi connectivity index (χ2n) is 8.04. The third-order valence-corrected chi connectivity index (χ3v) is 6.68. The summed E-state index contributed by atoms with van der Waals surface area (Å²) in [6.45, 7) is 3.82. The van der Waals surface area contributed by atoms with E-state index < -0.39 is 5.25 Å². The standard InChI is InChI=1S/C24H26N4O3S/c1-16-5-9-19(10-6-16)26-22(30)17-7-11-18(12-8-17)25-21(29)15-20-23(31)27-24(32-20)28-13-3-2-4-14-28/h5-12,20H,2-4,13-15H2,1H3,(H,25,29)(H,26,30)/t20-/m0/s1. The number of carbonyl (C=O) groups is 3. The molecule has 0 saturated carbocycles. The smallest absolute Gasteiger partial charge is 0.262 e. The maximum absolute atomic E-state index is 12.5. The average molecular weight is 451 g/mol. The number of aryl methyl sites for hydroxylation is 1. The van der Waals surface area contributed by atoms with Crippen LogP contribution in [0.5, 0.6) is 0 Å². The van der Waals surface area contributed by atoms with E-state index in [1.165, 1.54) is 18.2 Å². The van der Waals surface area contributed by atoms with E-state index in [0.717, 1.165) is 42.3 Å². The highest BCUT2D eigenvalue weighted by Gasteiger charge is 2.33. The summed E-state index contributed by atoms with van der Waals surface area (Å²) < 4.78 is 0. The third-order valence-electron chi connectivity index (χ3n) is 5.47. The second-order valence-corrected chi connectivity index (χ2v) is 9.21. The van der Waals surface area contributed by atoms with Crippen LogP contribution >= 0.6 is 11.8 Å². The zero-order valence-electron chi connectivity index (χ0n) is 18.0. The van der Waals surface area contributed by atoms with Crippen LogP contribution in [0.3, 0.4) is 0 Å². The lowest BCUT2D eigenvalue weighted by atomic mass is 10.1. The first-order valence-corrected chi connectivity index (χ1v) is 11.7. The number of amides is 3. The fourth-order valence-corrected chi connectivity index (χ4v) is 4.77. The molecule has 2 aromatic rings. The molecule has 2 aliphatic rings. The first-order chi connectivity index (χ1) is 15.5. The van der Waals surface area contributed by atoms with Crippen LogP contribution in [0, 0.1) is 6.92 Å². The van der Waals surface area contributed by atoms with Crippen molar-refractivity contribution in [3.05, 3.63) is 59.7 Å². The molecule has 0 aliphatic carbocycles. The quantitative estimate of drug-likeness (QED) is 0.717. The Balaban J connectivity index is 1.28. The van der Waals surface area contributed by atoms with E-state index in [-0.39, 0.29) is 24.1 Å². The molecule has 2 aromatic carbocycles. The summed E-state index contributed by atoms with van der Waals surface area (Å²) in [5.41, 5.74) is 2.91. The van der Waals surface area contributed by atoms with Crippen molar-refractivity contribution in [3.63, 3.8) is 0 Å². The van der Waals surface area contributed by atoms with Crippen molar-refractivity contribution < 1.29 is 14.4 Å². The number of likely N-dealkylation sites (tertiary alicyclic amines) is 1. The molecule has 0 bridgehead atoms. The number of nitrogens with zero attached hydrogens (tertiary/aromatic N) is 2. The number of hydrogen-bond acceptors (Lipinski definition) is 5. The minimum absolute atomic E-state index is 0.0694. The molecule has 0 aromatic heterocycles. The van der Waals surface area contributed by atoms with Crippen LogP contribution in [0.15, 0.2) is 53.5 Å². The number of carbonyl (C=O) groups excluding carboxylic acids is 3. The van der Waals surface area contributed by atoms with E-state index >= 15 is 0 Å². The van der Waals surface area contributed by atoms with E-state index in [9.17, 15) is 14.4 Å². The summed E-state index contributed by atoms with van der Waals surface area (Å²) in [7, 11) is 0. The molecule has 0 radical (unpaired) electrons. The van der Waals surface area contributed by atoms with Gasteiger partial charge in [-0.3, -0.25) is 14.4 Å². The maximum atomic E-state index is 12.5. The lowest BCUT2D eigenvalue weighted by molar-refractivity contribution is -0.121. The Kier molecular flexibility index (Phi) is 6.90. The van der Waals surface area contributed by atoms with Gasteiger partial charge in [-0.2, -0.15) is 4.99 Å². The van der Waals surface area contributed by atoms with Crippen LogP contribution in [0.1, 0.15) is 41.6 Å². The number of aliphatic imine (C=N–C) groups is 1. The van der Waals surface area contributed by atoms with Gasteiger partial charge in [0.15, 0.2) is 5.17 Å². The minimum atomic E-state index is -0.480. The van der Waals surface area contributed by atoms with Gasteiger partial charge < -0.3 is 15.5 Å². The Morgan fingerprint density at radius 3 is 2.28 bits per heavy atom. The number of thioether (sulfide) groups is 1. The molecule has 4 rings (SSSR count). The Labute approximate surface area is 191 Å². The molecular weight excluding hydrogens is 424 g/mol. The van der Waals surface area contributed by atoms with E-state index in [1.807, 2.05) is 31.2 Å². The van der Waals surface area contributed by atoms with Gasteiger partial charge in [-0.1, -0.05) is 29.5 Å². The maximum Gasteiger partial charge on any atom is 0.262 e. The van der Waals surface area contributed by atoms with Crippen molar-refractivity contribution in [2.75, 3.05) is 23.7 Å². The molecule has 1 atom stereocenters. The molecule has 32 heavy (non-hydrogen) atoms. The Hall–Kier alpha value is -3.13. The zero-order valence-corrected chi connectivity index (χ0v) is 18.8. The first-order valence-electron chi connectivity index (χ1n) is 10.8. The number of amidine groups is 1. The lowest BCUT2D eigenvalue weighted by Gasteiger charge is -2.27. The highest BCUT2D eigenvalue weighted by molar-refractivity contribution is 8.15. The number of anilines is 2. The Bertz CT molecular complexity index is 1030. The van der Waals surface area contributed by atoms with E-state index in [2.05, 4.69) is 20.5 Å². The topological polar surface area (TPSA) is 90.9 Å². The SMILES string of the molecule is Cc1ccc(NC(=O)c2ccc(NC(=O)C[C@@H]3SC(N4CCCCC4)=NC3=O)cc2)cc1. The molecule has 0 unspecified atom stereocenters. The molecule has 1 fully saturated rings. The van der Waals surface area contributed by atoms with Crippen LogP contribution in [0.4, 0.5) is 11.4 Å². The Morgan fingerprint density at radius 1 is 0.969 bits per heavy atom. The van der Waals surface area contributed by atoms with Crippen molar-refractivity contribution >= 4 is 46.0 Å². The Morgan fingerprint density at radius 2 is 1.59 bits per heavy atom. The molecule has 166 valence electrons. The van der Waals surface area contributed by atoms with E-state index in [0.29, 0.717) is 11.3 Å². The fraction of sp³-hybridized carbons (Fsp3) is 0.333. The van der Waals surface area contributed by atoms with Gasteiger partial charge in [0.05, 0.1) is 0 Å². The van der Waals surface area contributed by atoms with E-state index in [1.54, 1.807) is 24.3 Å². The number of hydrogen-bond donors (Lipinski definition) is 2. The summed E-state index contributed by atoms with van der Waals surface area (Å²) in [5.74, 6) is -0.710. The lowest BCUT2D eigenvalue weighted by Crippen LogP contribution is -2.33. The van der Waals surface area contributed by atoms with Crippen molar-refractivity contribution in [2.45, 2.75) is 37.9 Å². The average Bonchev–Trinajstić information content (AvgIpc) is 3.16. The van der Waals surface area contributed by atoms with Crippen molar-refractivity contribution in [1.82, 2.24) is 4.90 Å². The van der Waals surface area contributed by atoms with Crippen LogP contribution in [-0.4, -0.2) is 46.1 Å². The molecule has 2 heterocycles. The van der Waals surface area contributed by atoms with Crippen LogP contribution in [-0.2, 0) is 9.59 Å². The van der Waals surface area contributed by atoms with Crippen LogP contribution in [0.25, 0.3) is 0 Å². The van der Waals surface area contributed by atoms with Gasteiger partial charge in [-0.05, 0) is 62.6 Å². The molecule has 2 N–H and O–H groups in total. The number of nitrogens with one attached hydrogen (secondary N) is 2. The molecule has 1 saturated heterocycles. The van der Waals surface area contributed by atoms with Gasteiger partial charge in [-0.25, -0.2) is 0 Å². The number of piperidine rings is 1. The van der Waals surface area contributed by atoms with Gasteiger partial charge in [0.25, 0.3) is 11.8 Å². The zero-order chi connectivity index (χ0) is 22.5. The number of rotatable bonds is 5. The minimum Gasteiger partial charge on any atom is -0.351 e.